The van der Waals surface area contributed by atoms with Crippen LogP contribution in [0.15, 0.2) is 36.4 Å². The number of ether oxygens (including phenoxy) is 1. The highest BCUT2D eigenvalue weighted by Crippen LogP contribution is 2.31. The van der Waals surface area contributed by atoms with Crippen LogP contribution in [-0.4, -0.2) is 23.3 Å². The Labute approximate surface area is 111 Å². The van der Waals surface area contributed by atoms with Crippen LogP contribution in [0.4, 0.5) is 0 Å². The second kappa shape index (κ2) is 4.90. The molecule has 0 aromatic heterocycles. The Hall–Kier alpha value is -2.07. The fraction of sp³-hybridized carbons (Fsp3) is 0.267. The summed E-state index contributed by atoms with van der Waals surface area (Å²) in [6, 6.07) is 11.0. The number of aliphatic hydroxyl groups is 1. The van der Waals surface area contributed by atoms with E-state index in [9.17, 15) is 9.90 Å². The van der Waals surface area contributed by atoms with Gasteiger partial charge in [0.25, 0.3) is 0 Å². The molecule has 100 valence electrons. The molecule has 0 saturated carbocycles. The van der Waals surface area contributed by atoms with Gasteiger partial charge in [0.05, 0.1) is 19.1 Å². The molecule has 0 spiro atoms. The quantitative estimate of drug-likeness (QED) is 0.886. The summed E-state index contributed by atoms with van der Waals surface area (Å²) in [6.07, 6.45) is -0.331. The van der Waals surface area contributed by atoms with E-state index in [4.69, 9.17) is 9.84 Å². The van der Waals surface area contributed by atoms with Crippen molar-refractivity contribution >= 4 is 16.7 Å². The van der Waals surface area contributed by atoms with Crippen LogP contribution in [0.1, 0.15) is 18.9 Å². The minimum Gasteiger partial charge on any atom is -0.496 e. The Balaban J connectivity index is 2.50. The maximum Gasteiger partial charge on any atom is 0.306 e. The van der Waals surface area contributed by atoms with Gasteiger partial charge >= 0.3 is 5.97 Å². The highest BCUT2D eigenvalue weighted by Gasteiger charge is 2.26. The molecule has 0 fully saturated rings. The molecule has 19 heavy (non-hydrogen) atoms. The van der Waals surface area contributed by atoms with E-state index in [1.807, 2.05) is 24.3 Å². The number of benzene rings is 2. The number of carboxylic acids is 1. The first-order valence-electron chi connectivity index (χ1n) is 5.95. The first-order chi connectivity index (χ1) is 8.94. The summed E-state index contributed by atoms with van der Waals surface area (Å²) < 4.78 is 5.26. The van der Waals surface area contributed by atoms with Gasteiger partial charge in [-0.3, -0.25) is 4.79 Å². The number of carboxylic acid groups (broad SMARTS) is 1. The highest BCUT2D eigenvalue weighted by molar-refractivity contribution is 5.89. The molecule has 4 nitrogen and oxygen atoms in total. The van der Waals surface area contributed by atoms with Gasteiger partial charge in [0.1, 0.15) is 5.75 Å². The Morgan fingerprint density at radius 2 is 2.05 bits per heavy atom. The van der Waals surface area contributed by atoms with Crippen LogP contribution in [0, 0.1) is 0 Å². The monoisotopic (exact) mass is 260 g/mol. The lowest BCUT2D eigenvalue weighted by atomic mass is 9.91. The predicted octanol–water partition coefficient (Wildman–Crippen LogP) is 2.53. The van der Waals surface area contributed by atoms with Crippen molar-refractivity contribution < 1.29 is 19.7 Å². The van der Waals surface area contributed by atoms with Crippen LogP contribution >= 0.6 is 0 Å². The average Bonchev–Trinajstić information content (AvgIpc) is 2.35. The lowest BCUT2D eigenvalue weighted by molar-refractivity contribution is -0.142. The average molecular weight is 260 g/mol. The summed E-state index contributed by atoms with van der Waals surface area (Å²) in [5, 5.41) is 20.9. The zero-order valence-corrected chi connectivity index (χ0v) is 10.9. The van der Waals surface area contributed by atoms with Crippen LogP contribution in [0.3, 0.4) is 0 Å². The number of carbonyl (C=O) groups is 1. The van der Waals surface area contributed by atoms with Gasteiger partial charge in [-0.15, -0.1) is 0 Å². The van der Waals surface area contributed by atoms with Crippen molar-refractivity contribution in [1.29, 1.82) is 0 Å². The largest absolute Gasteiger partial charge is 0.496 e. The molecule has 2 aromatic rings. The van der Waals surface area contributed by atoms with E-state index in [0.29, 0.717) is 5.56 Å². The fourth-order valence-electron chi connectivity index (χ4n) is 2.16. The maximum absolute atomic E-state index is 10.8. The van der Waals surface area contributed by atoms with Gasteiger partial charge in [-0.2, -0.15) is 0 Å². The van der Waals surface area contributed by atoms with E-state index in [0.717, 1.165) is 16.5 Å². The third-order valence-electron chi connectivity index (χ3n) is 3.18. The summed E-state index contributed by atoms with van der Waals surface area (Å²) in [5.74, 6) is -0.280. The summed E-state index contributed by atoms with van der Waals surface area (Å²) >= 11 is 0. The predicted molar refractivity (Wildman–Crippen MR) is 72.3 cm³/mol. The van der Waals surface area contributed by atoms with Crippen LogP contribution in [0.5, 0.6) is 5.75 Å². The number of hydrogen-bond donors (Lipinski definition) is 2. The molecule has 0 saturated heterocycles. The third kappa shape index (κ3) is 2.69. The van der Waals surface area contributed by atoms with Crippen molar-refractivity contribution in [2.24, 2.45) is 0 Å². The molecule has 4 heteroatoms. The molecule has 2 N–H and O–H groups in total. The van der Waals surface area contributed by atoms with Crippen molar-refractivity contribution in [2.45, 2.75) is 18.9 Å². The Morgan fingerprint density at radius 3 is 2.68 bits per heavy atom. The number of hydrogen-bond acceptors (Lipinski definition) is 3. The standard InChI is InChI=1S/C15H16O4/c1-15(18,9-14(16)17)11-6-7-12-10(8-11)4-3-5-13(12)19-2/h3-8,18H,9H2,1-2H3,(H,16,17)/t15-/m1/s1. The second-order valence-corrected chi connectivity index (χ2v) is 4.74. The van der Waals surface area contributed by atoms with E-state index in [1.165, 1.54) is 6.92 Å². The molecule has 0 radical (unpaired) electrons. The van der Waals surface area contributed by atoms with Crippen LogP contribution in [0.2, 0.25) is 0 Å². The van der Waals surface area contributed by atoms with Gasteiger partial charge in [-0.1, -0.05) is 24.3 Å². The second-order valence-electron chi connectivity index (χ2n) is 4.74. The number of rotatable bonds is 4. The molecule has 0 aliphatic carbocycles. The molecular weight excluding hydrogens is 244 g/mol. The Kier molecular flexibility index (Phi) is 3.44. The molecule has 2 aromatic carbocycles. The molecule has 0 aliphatic rings. The molecule has 1 atom stereocenters. The number of fused-ring (bicyclic) bond motifs is 1. The van der Waals surface area contributed by atoms with Crippen LogP contribution in [0.25, 0.3) is 10.8 Å². The number of methoxy groups -OCH3 is 1. The molecule has 2 rings (SSSR count). The fourth-order valence-corrected chi connectivity index (χ4v) is 2.16. The van der Waals surface area contributed by atoms with Crippen molar-refractivity contribution in [1.82, 2.24) is 0 Å². The van der Waals surface area contributed by atoms with Gasteiger partial charge in [-0.25, -0.2) is 0 Å². The lowest BCUT2D eigenvalue weighted by Gasteiger charge is -2.22. The number of aliphatic carboxylic acids is 1. The van der Waals surface area contributed by atoms with Crippen molar-refractivity contribution in [3.63, 3.8) is 0 Å². The smallest absolute Gasteiger partial charge is 0.306 e. The van der Waals surface area contributed by atoms with Crippen LogP contribution < -0.4 is 4.74 Å². The normalized spacial score (nSPS) is 14.1. The zero-order valence-electron chi connectivity index (χ0n) is 10.9. The summed E-state index contributed by atoms with van der Waals surface area (Å²) in [5.41, 5.74) is -0.807. The minimum atomic E-state index is -1.39. The van der Waals surface area contributed by atoms with Crippen molar-refractivity contribution in [2.75, 3.05) is 7.11 Å². The maximum atomic E-state index is 10.8. The zero-order chi connectivity index (χ0) is 14.0. The van der Waals surface area contributed by atoms with E-state index in [1.54, 1.807) is 19.2 Å². The van der Waals surface area contributed by atoms with Gasteiger partial charge < -0.3 is 14.9 Å². The Bertz CT molecular complexity index is 617. The van der Waals surface area contributed by atoms with E-state index >= 15 is 0 Å². The van der Waals surface area contributed by atoms with Gasteiger partial charge in [0, 0.05) is 5.39 Å². The molecule has 0 unspecified atom stereocenters. The van der Waals surface area contributed by atoms with E-state index in [-0.39, 0.29) is 6.42 Å². The molecular formula is C15H16O4. The Morgan fingerprint density at radius 1 is 1.32 bits per heavy atom. The van der Waals surface area contributed by atoms with E-state index < -0.39 is 11.6 Å². The van der Waals surface area contributed by atoms with E-state index in [2.05, 4.69) is 0 Å². The minimum absolute atomic E-state index is 0.331. The molecule has 0 amide bonds. The molecule has 0 heterocycles. The SMILES string of the molecule is COc1cccc2cc([C@](C)(O)CC(=O)O)ccc12. The topological polar surface area (TPSA) is 66.8 Å². The summed E-state index contributed by atoms with van der Waals surface area (Å²) in [7, 11) is 1.60. The summed E-state index contributed by atoms with van der Waals surface area (Å²) in [4.78, 5) is 10.8. The van der Waals surface area contributed by atoms with Gasteiger partial charge in [0.2, 0.25) is 0 Å². The van der Waals surface area contributed by atoms with Crippen LogP contribution in [-0.2, 0) is 10.4 Å². The summed E-state index contributed by atoms with van der Waals surface area (Å²) in [6.45, 7) is 1.50. The van der Waals surface area contributed by atoms with Crippen molar-refractivity contribution in [3.05, 3.63) is 42.0 Å². The van der Waals surface area contributed by atoms with Gasteiger partial charge in [0.15, 0.2) is 0 Å². The first kappa shape index (κ1) is 13.4. The third-order valence-corrected chi connectivity index (χ3v) is 3.18. The highest BCUT2D eigenvalue weighted by atomic mass is 16.5. The molecule has 0 aliphatic heterocycles. The first-order valence-corrected chi connectivity index (χ1v) is 5.95. The lowest BCUT2D eigenvalue weighted by Crippen LogP contribution is -2.24. The van der Waals surface area contributed by atoms with Crippen molar-refractivity contribution in [3.8, 4) is 5.75 Å². The molecule has 0 bridgehead atoms. The van der Waals surface area contributed by atoms with Gasteiger partial charge in [-0.05, 0) is 30.0 Å².